The highest BCUT2D eigenvalue weighted by molar-refractivity contribution is 5.59. The molecule has 0 heterocycles. The van der Waals surface area contributed by atoms with E-state index < -0.39 is 6.10 Å². The highest BCUT2D eigenvalue weighted by atomic mass is 16.5. The van der Waals surface area contributed by atoms with Crippen molar-refractivity contribution in [3.05, 3.63) is 35.9 Å². The van der Waals surface area contributed by atoms with Crippen molar-refractivity contribution in [2.75, 3.05) is 12.8 Å². The summed E-state index contributed by atoms with van der Waals surface area (Å²) in [6.07, 6.45) is 0.858. The smallest absolute Gasteiger partial charge is 0.142 e. The van der Waals surface area contributed by atoms with Gasteiger partial charge >= 0.3 is 0 Å². The monoisotopic (exact) mass is 221 g/mol. The van der Waals surface area contributed by atoms with Gasteiger partial charge in [-0.15, -0.1) is 6.58 Å². The molecule has 88 valence electrons. The molecule has 3 N–H and O–H groups in total. The van der Waals surface area contributed by atoms with Gasteiger partial charge in [0.05, 0.1) is 18.9 Å². The lowest BCUT2D eigenvalue weighted by molar-refractivity contribution is 0.168. The summed E-state index contributed by atoms with van der Waals surface area (Å²) in [5.41, 5.74) is 8.19. The van der Waals surface area contributed by atoms with Crippen LogP contribution < -0.4 is 10.5 Å². The molecule has 1 aromatic carbocycles. The van der Waals surface area contributed by atoms with Gasteiger partial charge in [-0.2, -0.15) is 0 Å². The second kappa shape index (κ2) is 5.56. The lowest BCUT2D eigenvalue weighted by Gasteiger charge is -2.15. The molecule has 1 rings (SSSR count). The van der Waals surface area contributed by atoms with E-state index >= 15 is 0 Å². The van der Waals surface area contributed by atoms with E-state index in [0.717, 1.165) is 17.6 Å². The molecular formula is C13H19NO2. The molecule has 0 spiro atoms. The minimum absolute atomic E-state index is 0.513. The Bertz CT molecular complexity index is 374. The Morgan fingerprint density at radius 2 is 2.25 bits per heavy atom. The normalized spacial score (nSPS) is 12.2. The molecular weight excluding hydrogens is 202 g/mol. The van der Waals surface area contributed by atoms with E-state index in [9.17, 15) is 5.11 Å². The van der Waals surface area contributed by atoms with E-state index in [1.165, 1.54) is 0 Å². The van der Waals surface area contributed by atoms with Gasteiger partial charge in [0, 0.05) is 5.56 Å². The van der Waals surface area contributed by atoms with Gasteiger partial charge in [0.1, 0.15) is 5.75 Å². The lowest BCUT2D eigenvalue weighted by Crippen LogP contribution is -2.04. The van der Waals surface area contributed by atoms with Crippen LogP contribution in [0, 0.1) is 0 Å². The first-order chi connectivity index (χ1) is 7.56. The molecule has 3 nitrogen and oxygen atoms in total. The molecule has 0 aliphatic carbocycles. The average Bonchev–Trinajstić information content (AvgIpc) is 2.26. The van der Waals surface area contributed by atoms with Gasteiger partial charge in [0.15, 0.2) is 0 Å². The van der Waals surface area contributed by atoms with Crippen molar-refractivity contribution in [3.63, 3.8) is 0 Å². The number of methoxy groups -OCH3 is 1. The second-order valence-corrected chi connectivity index (χ2v) is 3.97. The molecule has 16 heavy (non-hydrogen) atoms. The Morgan fingerprint density at radius 1 is 1.56 bits per heavy atom. The molecule has 0 saturated carbocycles. The summed E-state index contributed by atoms with van der Waals surface area (Å²) >= 11 is 0. The highest BCUT2D eigenvalue weighted by Gasteiger charge is 2.13. The van der Waals surface area contributed by atoms with Crippen LogP contribution in [0.1, 0.15) is 31.4 Å². The van der Waals surface area contributed by atoms with Crippen LogP contribution in [-0.4, -0.2) is 12.2 Å². The maximum atomic E-state index is 9.99. The predicted molar refractivity (Wildman–Crippen MR) is 66.4 cm³/mol. The van der Waals surface area contributed by atoms with E-state index in [1.54, 1.807) is 13.2 Å². The van der Waals surface area contributed by atoms with Crippen molar-refractivity contribution in [3.8, 4) is 5.75 Å². The molecule has 0 amide bonds. The molecule has 1 atom stereocenters. The quantitative estimate of drug-likeness (QED) is 0.593. The van der Waals surface area contributed by atoms with Gasteiger partial charge in [-0.25, -0.2) is 0 Å². The molecule has 0 fully saturated rings. The molecule has 0 radical (unpaired) electrons. The van der Waals surface area contributed by atoms with Crippen molar-refractivity contribution in [2.24, 2.45) is 0 Å². The zero-order valence-corrected chi connectivity index (χ0v) is 9.86. The molecule has 0 bridgehead atoms. The molecule has 1 unspecified atom stereocenters. The van der Waals surface area contributed by atoms with Crippen LogP contribution in [0.2, 0.25) is 0 Å². The fourth-order valence-corrected chi connectivity index (χ4v) is 1.57. The van der Waals surface area contributed by atoms with Gasteiger partial charge in [-0.05, 0) is 25.8 Å². The van der Waals surface area contributed by atoms with Gasteiger partial charge in [0.25, 0.3) is 0 Å². The number of hydrogen-bond donors (Lipinski definition) is 2. The summed E-state index contributed by atoms with van der Waals surface area (Å²) in [5, 5.41) is 9.99. The van der Waals surface area contributed by atoms with Gasteiger partial charge in [0.2, 0.25) is 0 Å². The van der Waals surface area contributed by atoms with Crippen molar-refractivity contribution in [1.82, 2.24) is 0 Å². The molecule has 1 aromatic rings. The van der Waals surface area contributed by atoms with Crippen LogP contribution in [0.4, 0.5) is 5.69 Å². The van der Waals surface area contributed by atoms with Crippen LogP contribution in [-0.2, 0) is 0 Å². The Labute approximate surface area is 96.5 Å². The Hall–Kier alpha value is -1.48. The number of ether oxygens (including phenoxy) is 1. The Kier molecular flexibility index (Phi) is 4.38. The standard InChI is InChI=1S/C13H19NO2/c1-9(2)7-8-11(15)10-5-4-6-12(16-3)13(10)14/h4-6,11,15H,1,7-8,14H2,2-3H3. The topological polar surface area (TPSA) is 55.5 Å². The number of benzene rings is 1. The number of anilines is 1. The number of aliphatic hydroxyl groups is 1. The summed E-state index contributed by atoms with van der Waals surface area (Å²) in [6.45, 7) is 5.76. The third-order valence-electron chi connectivity index (χ3n) is 2.52. The maximum absolute atomic E-state index is 9.99. The number of nitrogen functional groups attached to an aromatic ring is 1. The first-order valence-corrected chi connectivity index (χ1v) is 5.31. The summed E-state index contributed by atoms with van der Waals surface area (Å²) in [4.78, 5) is 0. The molecule has 0 aliphatic heterocycles. The SMILES string of the molecule is C=C(C)CCC(O)c1cccc(OC)c1N. The molecule has 3 heteroatoms. The first-order valence-electron chi connectivity index (χ1n) is 5.31. The Morgan fingerprint density at radius 3 is 2.81 bits per heavy atom. The van der Waals surface area contributed by atoms with Crippen LogP contribution >= 0.6 is 0 Å². The number of rotatable bonds is 5. The van der Waals surface area contributed by atoms with Crippen LogP contribution in [0.3, 0.4) is 0 Å². The van der Waals surface area contributed by atoms with Crippen molar-refractivity contribution >= 4 is 5.69 Å². The van der Waals surface area contributed by atoms with E-state index in [4.69, 9.17) is 10.5 Å². The number of allylic oxidation sites excluding steroid dienone is 1. The summed E-state index contributed by atoms with van der Waals surface area (Å²) in [6, 6.07) is 5.43. The largest absolute Gasteiger partial charge is 0.495 e. The van der Waals surface area contributed by atoms with Crippen molar-refractivity contribution in [2.45, 2.75) is 25.9 Å². The van der Waals surface area contributed by atoms with Crippen LogP contribution in [0.5, 0.6) is 5.75 Å². The van der Waals surface area contributed by atoms with Crippen molar-refractivity contribution in [1.29, 1.82) is 0 Å². The zero-order valence-electron chi connectivity index (χ0n) is 9.86. The van der Waals surface area contributed by atoms with Gasteiger partial charge in [-0.1, -0.05) is 17.7 Å². The van der Waals surface area contributed by atoms with Crippen LogP contribution in [0.15, 0.2) is 30.4 Å². The molecule has 0 saturated heterocycles. The van der Waals surface area contributed by atoms with Crippen molar-refractivity contribution < 1.29 is 9.84 Å². The highest BCUT2D eigenvalue weighted by Crippen LogP contribution is 2.31. The second-order valence-electron chi connectivity index (χ2n) is 3.97. The summed E-state index contributed by atoms with van der Waals surface area (Å²) < 4.78 is 5.11. The fourth-order valence-electron chi connectivity index (χ4n) is 1.57. The molecule has 0 aliphatic rings. The number of aliphatic hydroxyl groups excluding tert-OH is 1. The van der Waals surface area contributed by atoms with E-state index in [1.807, 2.05) is 19.1 Å². The average molecular weight is 221 g/mol. The third-order valence-corrected chi connectivity index (χ3v) is 2.52. The summed E-state index contributed by atoms with van der Waals surface area (Å²) in [7, 11) is 1.57. The van der Waals surface area contributed by atoms with E-state index in [2.05, 4.69) is 6.58 Å². The minimum atomic E-state index is -0.563. The Balaban J connectivity index is 2.82. The molecule has 0 aromatic heterocycles. The number of para-hydroxylation sites is 1. The maximum Gasteiger partial charge on any atom is 0.142 e. The predicted octanol–water partition coefficient (Wildman–Crippen LogP) is 2.67. The van der Waals surface area contributed by atoms with E-state index in [0.29, 0.717) is 17.9 Å². The van der Waals surface area contributed by atoms with Crippen LogP contribution in [0.25, 0.3) is 0 Å². The minimum Gasteiger partial charge on any atom is -0.495 e. The summed E-state index contributed by atoms with van der Waals surface area (Å²) in [5.74, 6) is 0.604. The fraction of sp³-hybridized carbons (Fsp3) is 0.385. The van der Waals surface area contributed by atoms with Gasteiger partial charge < -0.3 is 15.6 Å². The van der Waals surface area contributed by atoms with E-state index in [-0.39, 0.29) is 0 Å². The number of hydrogen-bond acceptors (Lipinski definition) is 3. The number of nitrogens with two attached hydrogens (primary N) is 1. The van der Waals surface area contributed by atoms with Gasteiger partial charge in [-0.3, -0.25) is 0 Å². The zero-order chi connectivity index (χ0) is 12.1. The lowest BCUT2D eigenvalue weighted by atomic mass is 10.0. The third kappa shape index (κ3) is 3.00. The first kappa shape index (κ1) is 12.6.